The molecule has 1 aliphatic heterocycles. The second-order valence-electron chi connectivity index (χ2n) is 7.66. The van der Waals surface area contributed by atoms with Gasteiger partial charge in [-0.2, -0.15) is 4.31 Å². The normalized spacial score (nSPS) is 17.4. The number of carbonyl (C=O) groups is 1. The Kier molecular flexibility index (Phi) is 6.36. The molecule has 10 heteroatoms. The van der Waals surface area contributed by atoms with Crippen molar-refractivity contribution >= 4 is 43.2 Å². The first-order valence-corrected chi connectivity index (χ1v) is 12.7. The minimum Gasteiger partial charge on any atom is -0.497 e. The summed E-state index contributed by atoms with van der Waals surface area (Å²) in [5, 5.41) is 2.90. The van der Waals surface area contributed by atoms with E-state index < -0.39 is 15.9 Å². The van der Waals surface area contributed by atoms with E-state index in [-0.39, 0.29) is 22.2 Å². The molecular formula is C22H25N3O5S2. The Morgan fingerprint density at radius 1 is 1.22 bits per heavy atom. The molecular weight excluding hydrogens is 450 g/mol. The largest absolute Gasteiger partial charge is 0.497 e. The number of hydrogen-bond acceptors (Lipinski definition) is 6. The van der Waals surface area contributed by atoms with Crippen molar-refractivity contribution in [3.05, 3.63) is 52.1 Å². The summed E-state index contributed by atoms with van der Waals surface area (Å²) in [5.41, 5.74) is 1.44. The molecule has 0 radical (unpaired) electrons. The van der Waals surface area contributed by atoms with Crippen LogP contribution in [-0.2, 0) is 21.4 Å². The Morgan fingerprint density at radius 3 is 2.66 bits per heavy atom. The topological polar surface area (TPSA) is 97.7 Å². The van der Waals surface area contributed by atoms with E-state index in [0.717, 1.165) is 21.6 Å². The first-order chi connectivity index (χ1) is 15.3. The minimum absolute atomic E-state index is 0.0300. The third-order valence-corrected chi connectivity index (χ3v) is 8.53. The predicted octanol–water partition coefficient (Wildman–Crippen LogP) is 3.13. The number of hydrogen-bond donors (Lipinski definition) is 1. The van der Waals surface area contributed by atoms with Crippen molar-refractivity contribution in [3.8, 4) is 5.75 Å². The van der Waals surface area contributed by atoms with Gasteiger partial charge >= 0.3 is 4.87 Å². The van der Waals surface area contributed by atoms with Crippen LogP contribution in [0.25, 0.3) is 10.2 Å². The van der Waals surface area contributed by atoms with Crippen molar-refractivity contribution < 1.29 is 17.9 Å². The standard InChI is InChI=1S/C22H25N3O5S2/c1-3-25-19-11-6-16(13-20(19)31-22(25)27)23-21(26)15-5-4-12-24(14-15)32(28,29)18-9-7-17(30-2)8-10-18/h6-11,13,15H,3-5,12,14H2,1-2H3,(H,23,26)/t15-/m1/s1. The summed E-state index contributed by atoms with van der Waals surface area (Å²) in [5.74, 6) is -0.0937. The van der Waals surface area contributed by atoms with Gasteiger partial charge in [0.05, 0.1) is 28.1 Å². The zero-order chi connectivity index (χ0) is 22.9. The molecule has 1 saturated heterocycles. The van der Waals surface area contributed by atoms with E-state index in [2.05, 4.69) is 5.32 Å². The minimum atomic E-state index is -3.70. The molecule has 0 unspecified atom stereocenters. The van der Waals surface area contributed by atoms with Gasteiger partial charge in [-0.1, -0.05) is 11.3 Å². The molecule has 4 rings (SSSR count). The molecule has 170 valence electrons. The number of nitrogens with one attached hydrogen (secondary N) is 1. The quantitative estimate of drug-likeness (QED) is 0.591. The molecule has 3 aromatic rings. The monoisotopic (exact) mass is 475 g/mol. The second-order valence-corrected chi connectivity index (χ2v) is 10.6. The molecule has 0 spiro atoms. The van der Waals surface area contributed by atoms with E-state index >= 15 is 0 Å². The van der Waals surface area contributed by atoms with E-state index in [1.807, 2.05) is 13.0 Å². The highest BCUT2D eigenvalue weighted by molar-refractivity contribution is 7.89. The van der Waals surface area contributed by atoms with Gasteiger partial charge in [0.2, 0.25) is 15.9 Å². The molecule has 8 nitrogen and oxygen atoms in total. The SMILES string of the molecule is CCn1c(=O)sc2cc(NC(=O)[C@@H]3CCCN(S(=O)(=O)c4ccc(OC)cc4)C3)ccc21. The fraction of sp³-hybridized carbons (Fsp3) is 0.364. The molecule has 32 heavy (non-hydrogen) atoms. The number of benzene rings is 2. The fourth-order valence-electron chi connectivity index (χ4n) is 3.96. The maximum atomic E-state index is 13.0. The summed E-state index contributed by atoms with van der Waals surface area (Å²) in [6, 6.07) is 11.6. The summed E-state index contributed by atoms with van der Waals surface area (Å²) in [6.07, 6.45) is 1.22. The zero-order valence-corrected chi connectivity index (χ0v) is 19.5. The van der Waals surface area contributed by atoms with Gasteiger partial charge in [-0.15, -0.1) is 0 Å². The maximum Gasteiger partial charge on any atom is 0.308 e. The summed E-state index contributed by atoms with van der Waals surface area (Å²) >= 11 is 1.14. The molecule has 1 fully saturated rings. The van der Waals surface area contributed by atoms with Gasteiger partial charge in [0, 0.05) is 25.3 Å². The highest BCUT2D eigenvalue weighted by Gasteiger charge is 2.33. The van der Waals surface area contributed by atoms with Crippen LogP contribution >= 0.6 is 11.3 Å². The molecule has 2 aromatic carbocycles. The van der Waals surface area contributed by atoms with Crippen molar-refractivity contribution in [2.45, 2.75) is 31.2 Å². The van der Waals surface area contributed by atoms with E-state index in [1.165, 1.54) is 23.5 Å². The van der Waals surface area contributed by atoms with Crippen LogP contribution in [0.1, 0.15) is 19.8 Å². The van der Waals surface area contributed by atoms with Gasteiger partial charge in [-0.25, -0.2) is 8.42 Å². The van der Waals surface area contributed by atoms with Crippen molar-refractivity contribution in [2.24, 2.45) is 5.92 Å². The van der Waals surface area contributed by atoms with Crippen LogP contribution in [0.3, 0.4) is 0 Å². The number of fused-ring (bicyclic) bond motifs is 1. The Labute approximate surface area is 190 Å². The molecule has 0 bridgehead atoms. The van der Waals surface area contributed by atoms with Crippen molar-refractivity contribution in [1.29, 1.82) is 0 Å². The molecule has 1 aromatic heterocycles. The van der Waals surface area contributed by atoms with Crippen LogP contribution in [0.4, 0.5) is 5.69 Å². The number of methoxy groups -OCH3 is 1. The average molecular weight is 476 g/mol. The number of thiazole rings is 1. The first kappa shape index (κ1) is 22.5. The second kappa shape index (κ2) is 9.05. The number of aromatic nitrogens is 1. The summed E-state index contributed by atoms with van der Waals surface area (Å²) < 4.78 is 35.1. The summed E-state index contributed by atoms with van der Waals surface area (Å²) in [4.78, 5) is 25.1. The fourth-order valence-corrected chi connectivity index (χ4v) is 6.48. The molecule has 0 aliphatic carbocycles. The molecule has 1 atom stereocenters. The third kappa shape index (κ3) is 4.30. The summed E-state index contributed by atoms with van der Waals surface area (Å²) in [6.45, 7) is 3.01. The number of rotatable bonds is 6. The smallest absolute Gasteiger partial charge is 0.308 e. The first-order valence-electron chi connectivity index (χ1n) is 10.4. The van der Waals surface area contributed by atoms with E-state index in [4.69, 9.17) is 4.74 Å². The van der Waals surface area contributed by atoms with E-state index in [0.29, 0.717) is 37.4 Å². The average Bonchev–Trinajstić information content (AvgIpc) is 3.13. The van der Waals surface area contributed by atoms with Gasteiger partial charge in [0.15, 0.2) is 0 Å². The Balaban J connectivity index is 1.48. The van der Waals surface area contributed by atoms with Crippen LogP contribution in [0.15, 0.2) is 52.2 Å². The number of ether oxygens (including phenoxy) is 1. The number of amides is 1. The van der Waals surface area contributed by atoms with Crippen LogP contribution in [0, 0.1) is 5.92 Å². The number of anilines is 1. The number of nitrogens with zero attached hydrogens (tertiary/aromatic N) is 2. The van der Waals surface area contributed by atoms with Crippen molar-refractivity contribution in [3.63, 3.8) is 0 Å². The highest BCUT2D eigenvalue weighted by atomic mass is 32.2. The number of aryl methyl sites for hydroxylation is 1. The predicted molar refractivity (Wildman–Crippen MR) is 125 cm³/mol. The lowest BCUT2D eigenvalue weighted by Gasteiger charge is -2.31. The summed E-state index contributed by atoms with van der Waals surface area (Å²) in [7, 11) is -2.18. The molecule has 1 amide bonds. The van der Waals surface area contributed by atoms with E-state index in [1.54, 1.807) is 28.8 Å². The third-order valence-electron chi connectivity index (χ3n) is 5.70. The van der Waals surface area contributed by atoms with Crippen LogP contribution in [-0.4, -0.2) is 43.4 Å². The lowest BCUT2D eigenvalue weighted by Crippen LogP contribution is -2.43. The van der Waals surface area contributed by atoms with Gasteiger partial charge in [0.1, 0.15) is 5.75 Å². The zero-order valence-electron chi connectivity index (χ0n) is 17.9. The van der Waals surface area contributed by atoms with Crippen molar-refractivity contribution in [1.82, 2.24) is 8.87 Å². The van der Waals surface area contributed by atoms with Crippen LogP contribution in [0.5, 0.6) is 5.75 Å². The van der Waals surface area contributed by atoms with Crippen LogP contribution in [0.2, 0.25) is 0 Å². The molecule has 0 saturated carbocycles. The van der Waals surface area contributed by atoms with Crippen molar-refractivity contribution in [2.75, 3.05) is 25.5 Å². The van der Waals surface area contributed by atoms with Gasteiger partial charge < -0.3 is 10.1 Å². The maximum absolute atomic E-state index is 13.0. The number of piperidine rings is 1. The molecule has 1 N–H and O–H groups in total. The molecule has 2 heterocycles. The van der Waals surface area contributed by atoms with Crippen LogP contribution < -0.4 is 14.9 Å². The van der Waals surface area contributed by atoms with Gasteiger partial charge in [-0.05, 0) is 62.2 Å². The van der Waals surface area contributed by atoms with E-state index in [9.17, 15) is 18.0 Å². The Morgan fingerprint density at radius 2 is 1.97 bits per heavy atom. The van der Waals surface area contributed by atoms with Gasteiger partial charge in [-0.3, -0.25) is 14.2 Å². The lowest BCUT2D eigenvalue weighted by atomic mass is 9.98. The lowest BCUT2D eigenvalue weighted by molar-refractivity contribution is -0.120. The number of carbonyl (C=O) groups excluding carboxylic acids is 1. The molecule has 1 aliphatic rings. The Bertz CT molecular complexity index is 1300. The highest BCUT2D eigenvalue weighted by Crippen LogP contribution is 2.27. The number of sulfonamides is 1. The van der Waals surface area contributed by atoms with Gasteiger partial charge in [0.25, 0.3) is 0 Å². The Hall–Kier alpha value is -2.69.